The zero-order chi connectivity index (χ0) is 17.2. The monoisotopic (exact) mass is 326 g/mol. The lowest BCUT2D eigenvalue weighted by Gasteiger charge is -2.35. The molecule has 1 unspecified atom stereocenters. The van der Waals surface area contributed by atoms with E-state index in [9.17, 15) is 5.26 Å². The number of rotatable bonds is 4. The van der Waals surface area contributed by atoms with Gasteiger partial charge < -0.3 is 15.0 Å². The lowest BCUT2D eigenvalue weighted by Crippen LogP contribution is -2.44. The van der Waals surface area contributed by atoms with Crippen LogP contribution in [0.3, 0.4) is 0 Å². The second-order valence-electron chi connectivity index (χ2n) is 6.55. The van der Waals surface area contributed by atoms with Crippen LogP contribution in [0.15, 0.2) is 24.4 Å². The van der Waals surface area contributed by atoms with E-state index in [4.69, 9.17) is 9.72 Å². The average Bonchev–Trinajstić information content (AvgIpc) is 3.08. The molecule has 0 spiro atoms. The highest BCUT2D eigenvalue weighted by Gasteiger charge is 2.25. The Kier molecular flexibility index (Phi) is 4.40. The van der Waals surface area contributed by atoms with Gasteiger partial charge in [-0.1, -0.05) is 0 Å². The first-order valence-electron chi connectivity index (χ1n) is 8.04. The van der Waals surface area contributed by atoms with Crippen LogP contribution in [0.5, 0.6) is 0 Å². The van der Waals surface area contributed by atoms with Crippen molar-refractivity contribution < 1.29 is 4.74 Å². The van der Waals surface area contributed by atoms with Crippen LogP contribution in [-0.2, 0) is 10.2 Å². The average molecular weight is 326 g/mol. The van der Waals surface area contributed by atoms with E-state index in [-0.39, 0.29) is 6.04 Å². The molecule has 1 atom stereocenters. The van der Waals surface area contributed by atoms with Crippen molar-refractivity contribution in [3.05, 3.63) is 30.0 Å². The van der Waals surface area contributed by atoms with E-state index in [2.05, 4.69) is 33.4 Å². The van der Waals surface area contributed by atoms with Crippen molar-refractivity contribution >= 4 is 17.5 Å². The Morgan fingerprint density at radius 1 is 1.46 bits per heavy atom. The molecule has 0 radical (unpaired) electrons. The summed E-state index contributed by atoms with van der Waals surface area (Å²) in [6, 6.07) is 8.36. The molecule has 0 bridgehead atoms. The molecule has 7 nitrogen and oxygen atoms in total. The molecule has 1 fully saturated rings. The van der Waals surface area contributed by atoms with Crippen molar-refractivity contribution in [3.8, 4) is 6.07 Å². The topological polar surface area (TPSA) is 89.9 Å². The van der Waals surface area contributed by atoms with E-state index < -0.39 is 5.41 Å². The van der Waals surface area contributed by atoms with Gasteiger partial charge in [0.05, 0.1) is 36.9 Å². The molecule has 1 saturated heterocycles. The fourth-order valence-electron chi connectivity index (χ4n) is 2.68. The second-order valence-corrected chi connectivity index (χ2v) is 6.55. The number of aromatic amines is 1. The second kappa shape index (κ2) is 6.49. The van der Waals surface area contributed by atoms with Gasteiger partial charge in [-0.25, -0.2) is 4.98 Å². The zero-order valence-electron chi connectivity index (χ0n) is 14.2. The van der Waals surface area contributed by atoms with Crippen molar-refractivity contribution in [1.82, 2.24) is 15.2 Å². The van der Waals surface area contributed by atoms with Gasteiger partial charge in [0.2, 0.25) is 0 Å². The molecule has 7 heteroatoms. The van der Waals surface area contributed by atoms with Crippen molar-refractivity contribution in [1.29, 1.82) is 5.26 Å². The van der Waals surface area contributed by atoms with Gasteiger partial charge in [0.1, 0.15) is 17.5 Å². The fraction of sp³-hybridized carbons (Fsp3) is 0.471. The van der Waals surface area contributed by atoms with Crippen molar-refractivity contribution in [2.75, 3.05) is 30.0 Å². The van der Waals surface area contributed by atoms with Crippen LogP contribution >= 0.6 is 0 Å². The predicted octanol–water partition coefficient (Wildman–Crippen LogP) is 2.57. The van der Waals surface area contributed by atoms with E-state index >= 15 is 0 Å². The van der Waals surface area contributed by atoms with Gasteiger partial charge in [-0.3, -0.25) is 5.10 Å². The number of morpholine rings is 1. The largest absolute Gasteiger partial charge is 0.377 e. The molecular weight excluding hydrogens is 304 g/mol. The summed E-state index contributed by atoms with van der Waals surface area (Å²) < 4.78 is 5.52. The Morgan fingerprint density at radius 2 is 2.29 bits per heavy atom. The first kappa shape index (κ1) is 16.3. The van der Waals surface area contributed by atoms with Crippen molar-refractivity contribution in [2.45, 2.75) is 32.2 Å². The molecule has 2 aromatic heterocycles. The SMILES string of the molecule is CC1COCCN1c1cc(C(C)(C)C#N)cc(Nc2ccn[nH]2)n1. The number of ether oxygens (including phenoxy) is 1. The van der Waals surface area contributed by atoms with Gasteiger partial charge in [-0.05, 0) is 38.5 Å². The molecular formula is C17H22N6O. The van der Waals surface area contributed by atoms with Crippen LogP contribution in [0.25, 0.3) is 0 Å². The summed E-state index contributed by atoms with van der Waals surface area (Å²) in [5.74, 6) is 2.30. The summed E-state index contributed by atoms with van der Waals surface area (Å²) in [7, 11) is 0. The third kappa shape index (κ3) is 3.34. The van der Waals surface area contributed by atoms with Crippen LogP contribution in [0.2, 0.25) is 0 Å². The van der Waals surface area contributed by atoms with Gasteiger partial charge in [0.25, 0.3) is 0 Å². The molecule has 3 rings (SSSR count). The summed E-state index contributed by atoms with van der Waals surface area (Å²) in [5.41, 5.74) is 0.327. The number of hydrogen-bond acceptors (Lipinski definition) is 6. The summed E-state index contributed by atoms with van der Waals surface area (Å²) >= 11 is 0. The summed E-state index contributed by atoms with van der Waals surface area (Å²) in [6.45, 7) is 8.08. The highest BCUT2D eigenvalue weighted by atomic mass is 16.5. The van der Waals surface area contributed by atoms with Gasteiger partial charge in [-0.15, -0.1) is 0 Å². The number of H-pyrrole nitrogens is 1. The Hall–Kier alpha value is -2.59. The summed E-state index contributed by atoms with van der Waals surface area (Å²) in [6.07, 6.45) is 1.68. The number of anilines is 3. The first-order valence-corrected chi connectivity index (χ1v) is 8.04. The maximum atomic E-state index is 9.51. The molecule has 0 aliphatic carbocycles. The van der Waals surface area contributed by atoms with E-state index in [1.54, 1.807) is 6.20 Å². The molecule has 24 heavy (non-hydrogen) atoms. The van der Waals surface area contributed by atoms with Crippen LogP contribution in [-0.4, -0.2) is 41.0 Å². The Bertz CT molecular complexity index is 734. The first-order chi connectivity index (χ1) is 11.5. The van der Waals surface area contributed by atoms with Gasteiger partial charge in [0.15, 0.2) is 0 Å². The maximum Gasteiger partial charge on any atom is 0.134 e. The van der Waals surface area contributed by atoms with E-state index in [1.165, 1.54) is 0 Å². The van der Waals surface area contributed by atoms with Crippen molar-refractivity contribution in [2.24, 2.45) is 0 Å². The Labute approximate surface area is 141 Å². The number of aromatic nitrogens is 3. The molecule has 1 aliphatic heterocycles. The number of nitrogens with one attached hydrogen (secondary N) is 2. The minimum atomic E-state index is -0.600. The third-order valence-corrected chi connectivity index (χ3v) is 4.24. The molecule has 0 aromatic carbocycles. The van der Waals surface area contributed by atoms with Crippen LogP contribution < -0.4 is 10.2 Å². The number of nitrogens with zero attached hydrogens (tertiary/aromatic N) is 4. The third-order valence-electron chi connectivity index (χ3n) is 4.24. The number of nitriles is 1. The van der Waals surface area contributed by atoms with Crippen molar-refractivity contribution in [3.63, 3.8) is 0 Å². The zero-order valence-corrected chi connectivity index (χ0v) is 14.2. The van der Waals surface area contributed by atoms with Crippen LogP contribution in [0, 0.1) is 11.3 Å². The Balaban J connectivity index is 2.01. The minimum Gasteiger partial charge on any atom is -0.377 e. The fourth-order valence-corrected chi connectivity index (χ4v) is 2.68. The lowest BCUT2D eigenvalue weighted by molar-refractivity contribution is 0.0985. The lowest BCUT2D eigenvalue weighted by atomic mass is 9.86. The van der Waals surface area contributed by atoms with E-state index in [0.29, 0.717) is 19.0 Å². The van der Waals surface area contributed by atoms with Gasteiger partial charge in [0, 0.05) is 12.6 Å². The molecule has 2 aromatic rings. The summed E-state index contributed by atoms with van der Waals surface area (Å²) in [4.78, 5) is 6.95. The quantitative estimate of drug-likeness (QED) is 0.897. The molecule has 126 valence electrons. The minimum absolute atomic E-state index is 0.242. The maximum absolute atomic E-state index is 9.51. The Morgan fingerprint density at radius 3 is 2.96 bits per heavy atom. The molecule has 0 amide bonds. The smallest absolute Gasteiger partial charge is 0.134 e. The van der Waals surface area contributed by atoms with E-state index in [0.717, 1.165) is 23.7 Å². The van der Waals surface area contributed by atoms with Crippen LogP contribution in [0.4, 0.5) is 17.5 Å². The molecule has 1 aliphatic rings. The van der Waals surface area contributed by atoms with Crippen LogP contribution in [0.1, 0.15) is 26.3 Å². The molecule has 0 saturated carbocycles. The molecule has 2 N–H and O–H groups in total. The summed E-state index contributed by atoms with van der Waals surface area (Å²) in [5, 5.41) is 19.5. The molecule has 3 heterocycles. The normalized spacial score (nSPS) is 18.2. The van der Waals surface area contributed by atoms with E-state index in [1.807, 2.05) is 32.0 Å². The highest BCUT2D eigenvalue weighted by molar-refractivity contribution is 5.59. The van der Waals surface area contributed by atoms with Gasteiger partial charge in [-0.2, -0.15) is 10.4 Å². The predicted molar refractivity (Wildman–Crippen MR) is 92.4 cm³/mol. The number of pyridine rings is 1. The highest BCUT2D eigenvalue weighted by Crippen LogP contribution is 2.30. The standard InChI is InChI=1S/C17H22N6O/c1-12-10-24-7-6-23(12)16-9-13(17(2,3)11-18)8-15(21-16)20-14-4-5-19-22-14/h4-5,8-9,12H,6-7,10H2,1-3H3,(H2,19,20,21,22). The number of hydrogen-bond donors (Lipinski definition) is 2. The van der Waals surface area contributed by atoms with Gasteiger partial charge >= 0.3 is 0 Å².